The van der Waals surface area contributed by atoms with Gasteiger partial charge in [0.15, 0.2) is 0 Å². The molecule has 9 aliphatic rings. The summed E-state index contributed by atoms with van der Waals surface area (Å²) in [5.41, 5.74) is 2.54. The Kier molecular flexibility index (Phi) is 33.6. The van der Waals surface area contributed by atoms with Crippen molar-refractivity contribution in [3.63, 3.8) is 0 Å². The maximum absolute atomic E-state index is 2.79. The molecular weight excluding hydrogens is 879 g/mol. The molecule has 6 saturated carbocycles. The lowest BCUT2D eigenvalue weighted by atomic mass is 9.45. The van der Waals surface area contributed by atoms with E-state index < -0.39 is 0 Å². The lowest BCUT2D eigenvalue weighted by Crippen LogP contribution is -2.50. The fraction of sp³-hybridized carbons (Fsp3) is 0.972. The topological polar surface area (TPSA) is 3.24 Å². The van der Waals surface area contributed by atoms with E-state index in [9.17, 15) is 0 Å². The normalized spacial score (nSPS) is 35.2. The summed E-state index contributed by atoms with van der Waals surface area (Å²) < 4.78 is 0. The molecule has 0 amide bonds. The van der Waals surface area contributed by atoms with Gasteiger partial charge in [-0.2, -0.15) is 0 Å². The first-order chi connectivity index (χ1) is 34.4. The third-order valence-corrected chi connectivity index (χ3v) is 21.4. The maximum atomic E-state index is 2.79. The van der Waals surface area contributed by atoms with Gasteiger partial charge in [-0.15, -0.1) is 0 Å². The first kappa shape index (κ1) is 70.7. The number of allylic oxidation sites excluding steroid dienone is 2. The van der Waals surface area contributed by atoms with Crippen LogP contribution in [0.2, 0.25) is 0 Å². The van der Waals surface area contributed by atoms with Gasteiger partial charge >= 0.3 is 0 Å². The molecule has 2 saturated heterocycles. The van der Waals surface area contributed by atoms with Crippen molar-refractivity contribution in [3.8, 4) is 0 Å². The molecular formula is C72H143N. The summed E-state index contributed by atoms with van der Waals surface area (Å²) in [6, 6.07) is 2.60. The predicted molar refractivity (Wildman–Crippen MR) is 334 cm³/mol. The maximum Gasteiger partial charge on any atom is 0.0104 e. The van der Waals surface area contributed by atoms with E-state index in [0.29, 0.717) is 0 Å². The van der Waals surface area contributed by atoms with E-state index in [-0.39, 0.29) is 0 Å². The Hall–Kier alpha value is -0.300. The number of hydrogen-bond donors (Lipinski definition) is 0. The lowest BCUT2D eigenvalue weighted by Gasteiger charge is -2.60. The van der Waals surface area contributed by atoms with Gasteiger partial charge in [0.2, 0.25) is 0 Å². The lowest BCUT2D eigenvalue weighted by molar-refractivity contribution is -0.0955. The summed E-state index contributed by atoms with van der Waals surface area (Å²) >= 11 is 0. The van der Waals surface area contributed by atoms with Crippen LogP contribution in [0.3, 0.4) is 0 Å². The van der Waals surface area contributed by atoms with E-state index in [1.54, 1.807) is 69.8 Å². The largest absolute Gasteiger partial charge is 0.295 e. The molecule has 5 unspecified atom stereocenters. The second-order valence-electron chi connectivity index (χ2n) is 29.0. The number of nitrogens with zero attached hydrogens (tertiary/aromatic N) is 1. The molecule has 1 spiro atoms. The van der Waals surface area contributed by atoms with Crippen LogP contribution in [0.4, 0.5) is 0 Å². The number of rotatable bonds is 10. The zero-order chi connectivity index (χ0) is 56.2. The summed E-state index contributed by atoms with van der Waals surface area (Å²) in [7, 11) is 0. The summed E-state index contributed by atoms with van der Waals surface area (Å²) in [5, 5.41) is 0. The van der Waals surface area contributed by atoms with Gasteiger partial charge in [0, 0.05) is 18.1 Å². The molecule has 0 aromatic carbocycles. The van der Waals surface area contributed by atoms with E-state index in [1.165, 1.54) is 44.9 Å². The minimum absolute atomic E-state index is 0.764. The van der Waals surface area contributed by atoms with Gasteiger partial charge in [0.1, 0.15) is 0 Å². The Balaban J connectivity index is 0.000000441. The van der Waals surface area contributed by atoms with Gasteiger partial charge in [0.25, 0.3) is 0 Å². The highest BCUT2D eigenvalue weighted by atomic mass is 15.2. The summed E-state index contributed by atoms with van der Waals surface area (Å²) in [6.45, 7) is 63.6. The molecule has 8 fully saturated rings. The minimum Gasteiger partial charge on any atom is -0.295 e. The number of hydrogen-bond acceptors (Lipinski definition) is 1. The predicted octanol–water partition coefficient (Wildman–Crippen LogP) is 23.4. The molecule has 1 heteroatoms. The molecule has 2 bridgehead atoms. The summed E-state index contributed by atoms with van der Waals surface area (Å²) in [4.78, 5) is 2.79. The van der Waals surface area contributed by atoms with Crippen LogP contribution in [0.15, 0.2) is 11.6 Å². The highest BCUT2D eigenvalue weighted by Crippen LogP contribution is 2.65. The van der Waals surface area contributed by atoms with Crippen molar-refractivity contribution in [2.24, 2.45) is 130 Å². The average molecular weight is 1020 g/mol. The van der Waals surface area contributed by atoms with Crippen molar-refractivity contribution in [1.29, 1.82) is 0 Å². The molecule has 2 aliphatic heterocycles. The fourth-order valence-electron chi connectivity index (χ4n) is 16.3. The van der Waals surface area contributed by atoms with Gasteiger partial charge in [-0.05, 0) is 253 Å². The second kappa shape index (κ2) is 34.7. The number of fused-ring (bicyclic) bond motifs is 4. The van der Waals surface area contributed by atoms with Crippen molar-refractivity contribution in [2.45, 2.75) is 321 Å². The van der Waals surface area contributed by atoms with Crippen LogP contribution in [0.25, 0.3) is 0 Å². The second-order valence-corrected chi connectivity index (χ2v) is 29.0. The average Bonchev–Trinajstić information content (AvgIpc) is 3.75. The smallest absolute Gasteiger partial charge is 0.0104 e. The molecule has 9 rings (SSSR count). The number of piperidine rings is 1. The summed E-state index contributed by atoms with van der Waals surface area (Å²) in [5.74, 6) is 21.0. The minimum atomic E-state index is 0.764. The highest BCUT2D eigenvalue weighted by molar-refractivity contribution is 5.09. The molecule has 436 valence electrons. The van der Waals surface area contributed by atoms with Gasteiger partial charge in [-0.3, -0.25) is 4.90 Å². The van der Waals surface area contributed by atoms with Crippen LogP contribution < -0.4 is 0 Å². The van der Waals surface area contributed by atoms with Crippen LogP contribution >= 0.6 is 0 Å². The first-order valence-corrected chi connectivity index (χ1v) is 33.9. The van der Waals surface area contributed by atoms with E-state index in [4.69, 9.17) is 0 Å². The third-order valence-electron chi connectivity index (χ3n) is 21.4. The molecule has 2 heterocycles. The Bertz CT molecular complexity index is 1300. The van der Waals surface area contributed by atoms with Crippen LogP contribution in [0, 0.1) is 130 Å². The van der Waals surface area contributed by atoms with E-state index in [0.717, 1.165) is 148 Å². The monoisotopic (exact) mass is 1020 g/mol. The van der Waals surface area contributed by atoms with Crippen LogP contribution in [-0.4, -0.2) is 23.0 Å². The highest BCUT2D eigenvalue weighted by Gasteiger charge is 2.57. The Morgan fingerprint density at radius 1 is 0.370 bits per heavy atom. The Morgan fingerprint density at radius 3 is 0.945 bits per heavy atom. The molecule has 5 atom stereocenters. The van der Waals surface area contributed by atoms with Gasteiger partial charge < -0.3 is 0 Å². The zero-order valence-electron chi connectivity index (χ0n) is 55.9. The van der Waals surface area contributed by atoms with Gasteiger partial charge in [0.05, 0.1) is 0 Å². The molecule has 7 aliphatic carbocycles. The standard InChI is InChI=1S/C14H26.C13H25N.C13H24.2C12H22.4C2H6/c1-9(2)11-5-13-7-12(10(3)4)8-14(13)6-11;1-9(2)11-7-12-5-6-13(8-11)14(12)10(3)4;1-9(2)11-5-13(6-11)7-12(8-13)10(3)4;1-7(2)9-5-10-11(6-9)12(10)8(3)4;1-9(2)11-5-7-12(8-6-11)10(3)4;4*1-2/h9-14H,5-8H2,1-4H3;9-13H,5-8H2,1-4H3;9-12H,5-8H2,1-4H3;7-12H,5-6H2,1-4H3;5,9-10,12H,6-8H2,1-4H3;4*1-2H3. The van der Waals surface area contributed by atoms with E-state index in [1.807, 2.05) is 55.4 Å². The van der Waals surface area contributed by atoms with Gasteiger partial charge in [-0.25, -0.2) is 0 Å². The van der Waals surface area contributed by atoms with Crippen LogP contribution in [0.5, 0.6) is 0 Å². The van der Waals surface area contributed by atoms with Gasteiger partial charge in [-0.1, -0.05) is 192 Å². The fourth-order valence-corrected chi connectivity index (χ4v) is 16.3. The SMILES string of the molecule is CC.CC.CC.CC.CC(C)C1=CCC(C(C)C)CC1.CC(C)C1CC2(C1)CC(C(C)C)C2.CC(C)C1CC2C(C1)C2C(C)C.CC(C)C1CC2CC(C(C)C)CC2C1.CC(C)C1CC2CCC(C1)N2C(C)C. The molecule has 0 aromatic rings. The molecule has 0 aromatic heterocycles. The van der Waals surface area contributed by atoms with Crippen LogP contribution in [-0.2, 0) is 0 Å². The summed E-state index contributed by atoms with van der Waals surface area (Å²) in [6.07, 6.45) is 27.9. The van der Waals surface area contributed by atoms with Crippen molar-refractivity contribution in [2.75, 3.05) is 0 Å². The van der Waals surface area contributed by atoms with Crippen LogP contribution in [0.1, 0.15) is 303 Å². The molecule has 1 nitrogen and oxygen atoms in total. The van der Waals surface area contributed by atoms with Crippen molar-refractivity contribution >= 4 is 0 Å². The van der Waals surface area contributed by atoms with Crippen molar-refractivity contribution < 1.29 is 0 Å². The van der Waals surface area contributed by atoms with Crippen molar-refractivity contribution in [3.05, 3.63) is 11.6 Å². The molecule has 0 radical (unpaired) electrons. The third kappa shape index (κ3) is 21.0. The molecule has 73 heavy (non-hydrogen) atoms. The quantitative estimate of drug-likeness (QED) is 0.197. The van der Waals surface area contributed by atoms with E-state index in [2.05, 4.69) is 149 Å². The van der Waals surface area contributed by atoms with Crippen molar-refractivity contribution in [1.82, 2.24) is 4.90 Å². The first-order valence-electron chi connectivity index (χ1n) is 33.9. The Labute approximate surface area is 465 Å². The van der Waals surface area contributed by atoms with E-state index >= 15 is 0 Å². The molecule has 0 N–H and O–H groups in total. The Morgan fingerprint density at radius 2 is 0.685 bits per heavy atom. The zero-order valence-corrected chi connectivity index (χ0v) is 55.9.